The number of pyridine rings is 1. The summed E-state index contributed by atoms with van der Waals surface area (Å²) in [5, 5.41) is 26.4. The summed E-state index contributed by atoms with van der Waals surface area (Å²) in [6.45, 7) is 1.25. The van der Waals surface area contributed by atoms with Crippen LogP contribution in [-0.2, 0) is 40.0 Å². The normalized spacial score (nSPS) is 22.5. The van der Waals surface area contributed by atoms with Crippen molar-refractivity contribution in [3.8, 4) is 0 Å². The van der Waals surface area contributed by atoms with Crippen molar-refractivity contribution in [2.45, 2.75) is 75.5 Å². The number of aromatic nitrogens is 1. The van der Waals surface area contributed by atoms with Crippen LogP contribution in [0.25, 0.3) is 0 Å². The Bertz CT molecular complexity index is 1090. The predicted octanol–water partition coefficient (Wildman–Crippen LogP) is 2.66. The number of benzene rings is 1. The van der Waals surface area contributed by atoms with Crippen molar-refractivity contribution in [2.24, 2.45) is 5.92 Å². The number of nitrogens with zero attached hydrogens (tertiary/aromatic N) is 1. The quantitative estimate of drug-likeness (QED) is 0.402. The first-order valence-corrected chi connectivity index (χ1v) is 13.1. The number of carboxylic acid groups (broad SMARTS) is 1. The zero-order valence-electron chi connectivity index (χ0n) is 20.5. The molecule has 1 aliphatic heterocycles. The number of carbonyl (C=O) groups is 2. The van der Waals surface area contributed by atoms with Gasteiger partial charge in [0.2, 0.25) is 0 Å². The van der Waals surface area contributed by atoms with Crippen LogP contribution in [0.15, 0.2) is 36.4 Å². The van der Waals surface area contributed by atoms with Crippen LogP contribution in [0.2, 0.25) is 0 Å². The number of hydrogen-bond donors (Lipinski definition) is 4. The number of ether oxygens (including phenoxy) is 1. The molecule has 0 spiro atoms. The van der Waals surface area contributed by atoms with Crippen LogP contribution in [0.3, 0.4) is 0 Å². The minimum Gasteiger partial charge on any atom is -0.480 e. The maximum Gasteiger partial charge on any atom is 0.326 e. The van der Waals surface area contributed by atoms with E-state index in [0.29, 0.717) is 5.92 Å². The fourth-order valence-corrected chi connectivity index (χ4v) is 5.56. The molecule has 1 amide bonds. The minimum atomic E-state index is -1.61. The second-order valence-corrected chi connectivity index (χ2v) is 10.5. The van der Waals surface area contributed by atoms with Gasteiger partial charge in [-0.1, -0.05) is 30.3 Å². The van der Waals surface area contributed by atoms with Gasteiger partial charge in [-0.15, -0.1) is 0 Å². The number of fused-ring (bicyclic) bond motifs is 2. The van der Waals surface area contributed by atoms with Crippen molar-refractivity contribution in [1.82, 2.24) is 10.3 Å². The molecule has 1 atom stereocenters. The Hall–Kier alpha value is -2.97. The van der Waals surface area contributed by atoms with Gasteiger partial charge in [-0.05, 0) is 67.2 Å². The molecule has 8 heteroatoms. The lowest BCUT2D eigenvalue weighted by Crippen LogP contribution is -2.53. The Morgan fingerprint density at radius 3 is 2.61 bits per heavy atom. The van der Waals surface area contributed by atoms with E-state index >= 15 is 0 Å². The highest BCUT2D eigenvalue weighted by molar-refractivity contribution is 5.90. The summed E-state index contributed by atoms with van der Waals surface area (Å²) in [5.41, 5.74) is 2.66. The standard InChI is InChI=1S/C28H35N3O5/c32-26(33)24(31-27(34)28(35)16-20-4-1-2-5-21(20)17-28)11-13-36-23-14-18(15-23)7-9-22-10-8-19-6-3-12-29-25(19)30-22/h1-2,4-5,8,10,18,23-24,35H,3,6-7,9,11-17H2,(H,29,30)(H,31,34)(H,32,33)/t18?,23?,24-/m0/s1. The summed E-state index contributed by atoms with van der Waals surface area (Å²) in [7, 11) is 0. The first-order valence-electron chi connectivity index (χ1n) is 13.1. The predicted molar refractivity (Wildman–Crippen MR) is 135 cm³/mol. The summed E-state index contributed by atoms with van der Waals surface area (Å²) < 4.78 is 5.90. The lowest BCUT2D eigenvalue weighted by molar-refractivity contribution is -0.147. The third-order valence-corrected chi connectivity index (χ3v) is 7.82. The molecule has 8 nitrogen and oxygen atoms in total. The highest BCUT2D eigenvalue weighted by Crippen LogP contribution is 2.34. The Balaban J connectivity index is 1.02. The van der Waals surface area contributed by atoms with E-state index in [1.807, 2.05) is 24.3 Å². The molecule has 36 heavy (non-hydrogen) atoms. The Kier molecular flexibility index (Phi) is 7.25. The largest absolute Gasteiger partial charge is 0.480 e. The highest BCUT2D eigenvalue weighted by Gasteiger charge is 2.43. The van der Waals surface area contributed by atoms with E-state index in [9.17, 15) is 19.8 Å². The molecule has 192 valence electrons. The third-order valence-electron chi connectivity index (χ3n) is 7.82. The number of nitrogens with one attached hydrogen (secondary N) is 2. The average Bonchev–Trinajstić information content (AvgIpc) is 3.21. The van der Waals surface area contributed by atoms with Crippen LogP contribution in [0, 0.1) is 5.92 Å². The van der Waals surface area contributed by atoms with E-state index in [-0.39, 0.29) is 32.0 Å². The molecule has 4 N–H and O–H groups in total. The van der Waals surface area contributed by atoms with Crippen LogP contribution in [0.1, 0.15) is 54.5 Å². The molecule has 1 saturated carbocycles. The maximum absolute atomic E-state index is 12.8. The van der Waals surface area contributed by atoms with Gasteiger partial charge in [-0.3, -0.25) is 4.79 Å². The van der Waals surface area contributed by atoms with E-state index in [2.05, 4.69) is 22.8 Å². The van der Waals surface area contributed by atoms with E-state index in [0.717, 1.165) is 67.7 Å². The number of anilines is 1. The van der Waals surface area contributed by atoms with Crippen molar-refractivity contribution in [1.29, 1.82) is 0 Å². The summed E-state index contributed by atoms with van der Waals surface area (Å²) in [6, 6.07) is 10.7. The second-order valence-electron chi connectivity index (χ2n) is 10.5. The summed E-state index contributed by atoms with van der Waals surface area (Å²) in [4.78, 5) is 29.2. The van der Waals surface area contributed by atoms with Gasteiger partial charge < -0.3 is 25.6 Å². The van der Waals surface area contributed by atoms with Crippen molar-refractivity contribution in [3.63, 3.8) is 0 Å². The average molecular weight is 494 g/mol. The van der Waals surface area contributed by atoms with Gasteiger partial charge in [-0.25, -0.2) is 9.78 Å². The SMILES string of the molecule is O=C(O)[C@H](CCOC1CC(CCc2ccc3c(n2)NCCC3)C1)NC(=O)C1(O)Cc2ccccc2C1. The smallest absolute Gasteiger partial charge is 0.326 e. The Morgan fingerprint density at radius 2 is 1.89 bits per heavy atom. The van der Waals surface area contributed by atoms with Gasteiger partial charge in [0, 0.05) is 38.1 Å². The number of rotatable bonds is 10. The number of aliphatic hydroxyl groups is 1. The number of amides is 1. The molecule has 5 rings (SSSR count). The number of carboxylic acids is 1. The van der Waals surface area contributed by atoms with Gasteiger partial charge in [-0.2, -0.15) is 0 Å². The fourth-order valence-electron chi connectivity index (χ4n) is 5.56. The molecular formula is C28H35N3O5. The van der Waals surface area contributed by atoms with Gasteiger partial charge in [0.15, 0.2) is 5.60 Å². The molecule has 2 aliphatic carbocycles. The van der Waals surface area contributed by atoms with Crippen molar-refractivity contribution in [2.75, 3.05) is 18.5 Å². The van der Waals surface area contributed by atoms with E-state index < -0.39 is 23.5 Å². The zero-order valence-corrected chi connectivity index (χ0v) is 20.5. The van der Waals surface area contributed by atoms with Gasteiger partial charge in [0.1, 0.15) is 11.9 Å². The third kappa shape index (κ3) is 5.55. The number of carbonyl (C=O) groups excluding carboxylic acids is 1. The molecule has 1 fully saturated rings. The highest BCUT2D eigenvalue weighted by atomic mass is 16.5. The molecule has 2 heterocycles. The molecule has 1 aromatic carbocycles. The first-order chi connectivity index (χ1) is 17.4. The zero-order chi connectivity index (χ0) is 25.1. The first kappa shape index (κ1) is 24.7. The monoisotopic (exact) mass is 493 g/mol. The summed E-state index contributed by atoms with van der Waals surface area (Å²) in [6.07, 6.45) is 6.89. The molecule has 0 saturated heterocycles. The molecule has 0 radical (unpaired) electrons. The van der Waals surface area contributed by atoms with Crippen LogP contribution in [0.5, 0.6) is 0 Å². The lowest BCUT2D eigenvalue weighted by atomic mass is 9.79. The van der Waals surface area contributed by atoms with Gasteiger partial charge in [0.25, 0.3) is 5.91 Å². The van der Waals surface area contributed by atoms with Crippen molar-refractivity contribution >= 4 is 17.7 Å². The van der Waals surface area contributed by atoms with Gasteiger partial charge >= 0.3 is 5.97 Å². The summed E-state index contributed by atoms with van der Waals surface area (Å²) in [5.74, 6) is -0.127. The van der Waals surface area contributed by atoms with E-state index in [1.165, 1.54) is 5.56 Å². The molecule has 1 aromatic heterocycles. The van der Waals surface area contributed by atoms with E-state index in [1.54, 1.807) is 0 Å². The molecule has 2 aromatic rings. The Morgan fingerprint density at radius 1 is 1.14 bits per heavy atom. The fraction of sp³-hybridized carbons (Fsp3) is 0.536. The Labute approximate surface area is 211 Å². The van der Waals surface area contributed by atoms with Crippen LogP contribution in [0.4, 0.5) is 5.82 Å². The van der Waals surface area contributed by atoms with Crippen molar-refractivity contribution in [3.05, 3.63) is 58.8 Å². The van der Waals surface area contributed by atoms with E-state index in [4.69, 9.17) is 9.72 Å². The molecule has 0 unspecified atom stereocenters. The molecule has 3 aliphatic rings. The van der Waals surface area contributed by atoms with Crippen molar-refractivity contribution < 1.29 is 24.5 Å². The number of aliphatic carboxylic acids is 1. The topological polar surface area (TPSA) is 121 Å². The lowest BCUT2D eigenvalue weighted by Gasteiger charge is -2.35. The van der Waals surface area contributed by atoms with Crippen LogP contribution < -0.4 is 10.6 Å². The molecule has 0 bridgehead atoms. The maximum atomic E-state index is 12.8. The number of hydrogen-bond acceptors (Lipinski definition) is 6. The minimum absolute atomic E-state index is 0.131. The van der Waals surface area contributed by atoms with Crippen LogP contribution in [-0.4, -0.2) is 58.0 Å². The molecular weight excluding hydrogens is 458 g/mol. The number of aryl methyl sites for hydroxylation is 2. The second kappa shape index (κ2) is 10.6. The summed E-state index contributed by atoms with van der Waals surface area (Å²) >= 11 is 0. The van der Waals surface area contributed by atoms with Crippen LogP contribution >= 0.6 is 0 Å². The van der Waals surface area contributed by atoms with Gasteiger partial charge in [0.05, 0.1) is 6.10 Å².